The van der Waals surface area contributed by atoms with Gasteiger partial charge in [0, 0.05) is 41.2 Å². The van der Waals surface area contributed by atoms with Crippen molar-refractivity contribution in [2.24, 2.45) is 0 Å². The topological polar surface area (TPSA) is 76.7 Å². The van der Waals surface area contributed by atoms with Crippen LogP contribution in [0.5, 0.6) is 0 Å². The van der Waals surface area contributed by atoms with E-state index in [0.29, 0.717) is 6.04 Å². The van der Waals surface area contributed by atoms with E-state index in [2.05, 4.69) is 57.3 Å². The van der Waals surface area contributed by atoms with Crippen LogP contribution >= 0.6 is 0 Å². The van der Waals surface area contributed by atoms with Crippen LogP contribution in [-0.4, -0.2) is 63.5 Å². The fourth-order valence-electron chi connectivity index (χ4n) is 5.54. The molecule has 0 bridgehead atoms. The van der Waals surface area contributed by atoms with Gasteiger partial charge < -0.3 is 9.80 Å². The van der Waals surface area contributed by atoms with E-state index < -0.39 is 0 Å². The molecule has 3 aromatic heterocycles. The summed E-state index contributed by atoms with van der Waals surface area (Å²) in [6, 6.07) is 2.83. The summed E-state index contributed by atoms with van der Waals surface area (Å²) in [4.78, 5) is 10.2. The van der Waals surface area contributed by atoms with Gasteiger partial charge in [-0.2, -0.15) is 10.2 Å². The molecule has 7 nitrogen and oxygen atoms in total. The maximum absolute atomic E-state index is 5.38. The second kappa shape index (κ2) is 7.05. The van der Waals surface area contributed by atoms with Crippen LogP contribution in [-0.2, 0) is 12.8 Å². The van der Waals surface area contributed by atoms with Gasteiger partial charge in [-0.25, -0.2) is 4.98 Å². The molecule has 31 heavy (non-hydrogen) atoms. The van der Waals surface area contributed by atoms with Gasteiger partial charge in [-0.3, -0.25) is 10.2 Å². The van der Waals surface area contributed by atoms with E-state index in [9.17, 15) is 0 Å². The number of pyridine rings is 1. The molecular weight excluding hydrogens is 386 g/mol. The van der Waals surface area contributed by atoms with Gasteiger partial charge in [0.2, 0.25) is 0 Å². The Kier molecular flexibility index (Phi) is 4.28. The summed E-state index contributed by atoms with van der Waals surface area (Å²) in [6.45, 7) is 4.17. The number of nitrogens with zero attached hydrogens (tertiary/aromatic N) is 5. The van der Waals surface area contributed by atoms with Gasteiger partial charge in [0.15, 0.2) is 0 Å². The summed E-state index contributed by atoms with van der Waals surface area (Å²) in [5.74, 6) is 0. The van der Waals surface area contributed by atoms with Crippen molar-refractivity contribution >= 4 is 27.5 Å². The second-order valence-corrected chi connectivity index (χ2v) is 9.34. The van der Waals surface area contributed by atoms with Crippen molar-refractivity contribution in [3.63, 3.8) is 0 Å². The smallest absolute Gasteiger partial charge is 0.0954 e. The summed E-state index contributed by atoms with van der Waals surface area (Å²) >= 11 is 0. The normalized spacial score (nSPS) is 19.1. The molecule has 4 aromatic rings. The maximum Gasteiger partial charge on any atom is 0.0954 e. The lowest BCUT2D eigenvalue weighted by Crippen LogP contribution is -2.31. The Balaban J connectivity index is 1.66. The van der Waals surface area contributed by atoms with Crippen LogP contribution < -0.4 is 4.90 Å². The lowest BCUT2D eigenvalue weighted by Gasteiger charge is -2.26. The standard InChI is InChI=1S/C24H29N7/c1-14-18(11-25-28-14)23-17-7-5-4-6-16(17)22-19-12-26-29-20(19)10-21(24(22)27-23)31-9-8-15(13-31)30(2)3/h10-12,15H,4-9,13H2,1-3H3,(H,25,28)(H,26,29)/t15-/m0/s1. The zero-order valence-corrected chi connectivity index (χ0v) is 18.5. The minimum absolute atomic E-state index is 0.570. The summed E-state index contributed by atoms with van der Waals surface area (Å²) in [6.07, 6.45) is 9.71. The molecule has 2 N–H and O–H groups in total. The highest BCUT2D eigenvalue weighted by atomic mass is 15.2. The number of aromatic amines is 2. The third-order valence-electron chi connectivity index (χ3n) is 7.30. The molecule has 1 fully saturated rings. The SMILES string of the molecule is Cc1[nH]ncc1-c1nc2c(N3CC[C@H](N(C)C)C3)cc3[nH]ncc3c2c2c1CCCC2. The van der Waals surface area contributed by atoms with Crippen LogP contribution in [0.15, 0.2) is 18.5 Å². The van der Waals surface area contributed by atoms with Gasteiger partial charge >= 0.3 is 0 Å². The molecular formula is C24H29N7. The molecule has 1 saturated heterocycles. The Morgan fingerprint density at radius 2 is 1.87 bits per heavy atom. The highest BCUT2D eigenvalue weighted by Gasteiger charge is 2.29. The quantitative estimate of drug-likeness (QED) is 0.532. The van der Waals surface area contributed by atoms with Crippen LogP contribution in [0.25, 0.3) is 33.1 Å². The largest absolute Gasteiger partial charge is 0.368 e. The van der Waals surface area contributed by atoms with E-state index in [4.69, 9.17) is 4.98 Å². The highest BCUT2D eigenvalue weighted by Crippen LogP contribution is 2.42. The van der Waals surface area contributed by atoms with Crippen molar-refractivity contribution in [3.05, 3.63) is 35.3 Å². The summed E-state index contributed by atoms with van der Waals surface area (Å²) in [5.41, 5.74) is 9.64. The fraction of sp³-hybridized carbons (Fsp3) is 0.458. The summed E-state index contributed by atoms with van der Waals surface area (Å²) < 4.78 is 0. The van der Waals surface area contributed by atoms with Crippen molar-refractivity contribution in [3.8, 4) is 11.3 Å². The van der Waals surface area contributed by atoms with Crippen LogP contribution in [0.2, 0.25) is 0 Å². The first kappa shape index (κ1) is 18.8. The molecule has 160 valence electrons. The molecule has 0 spiro atoms. The molecule has 6 rings (SSSR count). The third-order valence-corrected chi connectivity index (χ3v) is 7.30. The van der Waals surface area contributed by atoms with E-state index in [0.717, 1.165) is 53.9 Å². The Hall–Kier alpha value is -2.93. The Morgan fingerprint density at radius 3 is 2.61 bits per heavy atom. The molecule has 1 aliphatic heterocycles. The number of rotatable bonds is 3. The van der Waals surface area contributed by atoms with Crippen LogP contribution in [0.3, 0.4) is 0 Å². The monoisotopic (exact) mass is 415 g/mol. The summed E-state index contributed by atoms with van der Waals surface area (Å²) in [7, 11) is 4.36. The number of anilines is 1. The van der Waals surface area contributed by atoms with Gasteiger partial charge in [-0.15, -0.1) is 0 Å². The van der Waals surface area contributed by atoms with Gasteiger partial charge in [0.25, 0.3) is 0 Å². The molecule has 1 aromatic carbocycles. The number of benzene rings is 1. The number of aryl methyl sites for hydroxylation is 2. The lowest BCUT2D eigenvalue weighted by atomic mass is 9.85. The fourth-order valence-corrected chi connectivity index (χ4v) is 5.54. The zero-order chi connectivity index (χ0) is 21.1. The van der Waals surface area contributed by atoms with E-state index in [1.54, 1.807) is 0 Å². The van der Waals surface area contributed by atoms with Crippen molar-refractivity contribution in [2.75, 3.05) is 32.1 Å². The number of hydrogen-bond acceptors (Lipinski definition) is 5. The van der Waals surface area contributed by atoms with Gasteiger partial charge in [0.05, 0.1) is 34.8 Å². The minimum Gasteiger partial charge on any atom is -0.368 e. The first-order valence-electron chi connectivity index (χ1n) is 11.3. The van der Waals surface area contributed by atoms with E-state index >= 15 is 0 Å². The van der Waals surface area contributed by atoms with Crippen LogP contribution in [0.4, 0.5) is 5.69 Å². The van der Waals surface area contributed by atoms with E-state index in [-0.39, 0.29) is 0 Å². The Morgan fingerprint density at radius 1 is 1.06 bits per heavy atom. The Labute approximate surface area is 181 Å². The molecule has 1 aliphatic carbocycles. The van der Waals surface area contributed by atoms with Gasteiger partial charge in [0.1, 0.15) is 0 Å². The molecule has 0 amide bonds. The number of likely N-dealkylation sites (N-methyl/N-ethyl adjacent to an activating group) is 1. The van der Waals surface area contributed by atoms with Crippen molar-refractivity contribution in [1.29, 1.82) is 0 Å². The third kappa shape index (κ3) is 2.86. The van der Waals surface area contributed by atoms with Gasteiger partial charge in [-0.1, -0.05) is 0 Å². The predicted molar refractivity (Wildman–Crippen MR) is 125 cm³/mol. The average molecular weight is 416 g/mol. The van der Waals surface area contributed by atoms with Crippen LogP contribution in [0, 0.1) is 6.92 Å². The molecule has 0 saturated carbocycles. The predicted octanol–water partition coefficient (Wildman–Crippen LogP) is 3.83. The summed E-state index contributed by atoms with van der Waals surface area (Å²) in [5, 5.41) is 17.6. The second-order valence-electron chi connectivity index (χ2n) is 9.34. The lowest BCUT2D eigenvalue weighted by molar-refractivity contribution is 0.315. The zero-order valence-electron chi connectivity index (χ0n) is 18.5. The average Bonchev–Trinajstić information content (AvgIpc) is 3.52. The highest BCUT2D eigenvalue weighted by molar-refractivity contribution is 6.13. The molecule has 0 unspecified atom stereocenters. The number of aromatic nitrogens is 5. The first-order chi connectivity index (χ1) is 15.1. The first-order valence-corrected chi connectivity index (χ1v) is 11.3. The van der Waals surface area contributed by atoms with Crippen molar-refractivity contribution < 1.29 is 0 Å². The van der Waals surface area contributed by atoms with Crippen molar-refractivity contribution in [2.45, 2.75) is 45.1 Å². The number of hydrogen-bond donors (Lipinski definition) is 2. The maximum atomic E-state index is 5.38. The van der Waals surface area contributed by atoms with E-state index in [1.165, 1.54) is 46.8 Å². The van der Waals surface area contributed by atoms with Gasteiger partial charge in [-0.05, 0) is 70.3 Å². The molecule has 2 aliphatic rings. The molecule has 4 heterocycles. The van der Waals surface area contributed by atoms with Crippen molar-refractivity contribution in [1.82, 2.24) is 30.3 Å². The molecule has 7 heteroatoms. The number of H-pyrrole nitrogens is 2. The number of fused-ring (bicyclic) bond motifs is 5. The molecule has 1 atom stereocenters. The van der Waals surface area contributed by atoms with E-state index in [1.807, 2.05) is 12.4 Å². The minimum atomic E-state index is 0.570. The molecule has 0 radical (unpaired) electrons. The Bertz CT molecular complexity index is 1280. The number of nitrogens with one attached hydrogen (secondary N) is 2. The van der Waals surface area contributed by atoms with Crippen LogP contribution in [0.1, 0.15) is 36.1 Å².